The summed E-state index contributed by atoms with van der Waals surface area (Å²) >= 11 is 0.966. The fourth-order valence-corrected chi connectivity index (χ4v) is 3.06. The molecule has 0 atom stereocenters. The molecule has 0 radical (unpaired) electrons. The fourth-order valence-electron chi connectivity index (χ4n) is 2.23. The summed E-state index contributed by atoms with van der Waals surface area (Å²) in [4.78, 5) is 23.9. The van der Waals surface area contributed by atoms with Gasteiger partial charge in [0.2, 0.25) is 5.01 Å². The van der Waals surface area contributed by atoms with Crippen molar-refractivity contribution >= 4 is 22.1 Å². The number of carbonyl (C=O) groups is 1. The number of aryl methyl sites for hydroxylation is 1. The highest BCUT2D eigenvalue weighted by molar-refractivity contribution is 7.18. The predicted octanol–water partition coefficient (Wildman–Crippen LogP) is 2.49. The van der Waals surface area contributed by atoms with Crippen LogP contribution in [0.4, 0.5) is 4.39 Å². The third kappa shape index (κ3) is 2.50. The highest BCUT2D eigenvalue weighted by Gasteiger charge is 2.16. The quantitative estimate of drug-likeness (QED) is 0.805. The third-order valence-corrected chi connectivity index (χ3v) is 4.40. The van der Waals surface area contributed by atoms with Crippen LogP contribution in [0, 0.1) is 12.7 Å². The van der Waals surface area contributed by atoms with Crippen molar-refractivity contribution in [2.45, 2.75) is 13.3 Å². The molecule has 22 heavy (non-hydrogen) atoms. The van der Waals surface area contributed by atoms with Crippen LogP contribution in [-0.4, -0.2) is 20.7 Å². The van der Waals surface area contributed by atoms with Gasteiger partial charge >= 0.3 is 5.97 Å². The average Bonchev–Trinajstić information content (AvgIpc) is 2.93. The minimum Gasteiger partial charge on any atom is -0.476 e. The van der Waals surface area contributed by atoms with Crippen LogP contribution in [0.2, 0.25) is 0 Å². The number of rotatable bonds is 3. The molecule has 0 aliphatic carbocycles. The molecule has 5 nitrogen and oxygen atoms in total. The Bertz CT molecular complexity index is 928. The lowest BCUT2D eigenvalue weighted by Gasteiger charge is -2.04. The first-order chi connectivity index (χ1) is 10.5. The molecule has 0 aliphatic rings. The molecule has 3 aromatic rings. The van der Waals surface area contributed by atoms with Gasteiger partial charge in [0.15, 0.2) is 0 Å². The van der Waals surface area contributed by atoms with E-state index in [-0.39, 0.29) is 16.4 Å². The van der Waals surface area contributed by atoms with E-state index in [1.54, 1.807) is 25.1 Å². The van der Waals surface area contributed by atoms with Crippen LogP contribution in [0.1, 0.15) is 26.5 Å². The second-order valence-electron chi connectivity index (χ2n) is 4.89. The van der Waals surface area contributed by atoms with Gasteiger partial charge in [-0.05, 0) is 36.2 Å². The average molecular weight is 318 g/mol. The van der Waals surface area contributed by atoms with Crippen LogP contribution < -0.4 is 5.56 Å². The Morgan fingerprint density at radius 1 is 1.36 bits per heavy atom. The van der Waals surface area contributed by atoms with Crippen molar-refractivity contribution in [1.29, 1.82) is 0 Å². The maximum absolute atomic E-state index is 12.9. The van der Waals surface area contributed by atoms with E-state index in [4.69, 9.17) is 5.11 Å². The number of carboxylic acids is 1. The third-order valence-electron chi connectivity index (χ3n) is 3.26. The van der Waals surface area contributed by atoms with Gasteiger partial charge in [0, 0.05) is 12.0 Å². The second-order valence-corrected chi connectivity index (χ2v) is 5.87. The molecule has 0 saturated heterocycles. The van der Waals surface area contributed by atoms with Gasteiger partial charge in [-0.25, -0.2) is 9.18 Å². The number of fused-ring (bicyclic) bond motifs is 1. The van der Waals surface area contributed by atoms with E-state index in [1.807, 2.05) is 0 Å². The number of benzene rings is 1. The van der Waals surface area contributed by atoms with Gasteiger partial charge in [0.1, 0.15) is 10.6 Å². The fraction of sp³-hybridized carbons (Fsp3) is 0.133. The Morgan fingerprint density at radius 3 is 2.68 bits per heavy atom. The van der Waals surface area contributed by atoms with Crippen molar-refractivity contribution in [2.24, 2.45) is 0 Å². The van der Waals surface area contributed by atoms with Gasteiger partial charge in [-0.2, -0.15) is 4.52 Å². The van der Waals surface area contributed by atoms with Crippen LogP contribution in [0.15, 0.2) is 35.1 Å². The van der Waals surface area contributed by atoms with Crippen molar-refractivity contribution in [3.8, 4) is 0 Å². The van der Waals surface area contributed by atoms with Gasteiger partial charge in [-0.15, -0.1) is 5.10 Å². The van der Waals surface area contributed by atoms with Crippen LogP contribution >= 0.6 is 11.3 Å². The topological polar surface area (TPSA) is 71.7 Å². The predicted molar refractivity (Wildman–Crippen MR) is 80.2 cm³/mol. The molecule has 0 aliphatic heterocycles. The maximum atomic E-state index is 12.9. The summed E-state index contributed by atoms with van der Waals surface area (Å²) < 4.78 is 14.1. The van der Waals surface area contributed by atoms with E-state index in [0.717, 1.165) is 27.0 Å². The molecule has 3 rings (SSSR count). The molecule has 2 aromatic heterocycles. The first-order valence-electron chi connectivity index (χ1n) is 6.46. The van der Waals surface area contributed by atoms with Gasteiger partial charge in [-0.1, -0.05) is 23.5 Å². The number of hydrogen-bond donors (Lipinski definition) is 1. The zero-order valence-corrected chi connectivity index (χ0v) is 12.4. The van der Waals surface area contributed by atoms with Crippen molar-refractivity contribution in [2.75, 3.05) is 0 Å². The lowest BCUT2D eigenvalue weighted by atomic mass is 10.1. The smallest absolute Gasteiger partial charge is 0.366 e. The monoisotopic (exact) mass is 318 g/mol. The summed E-state index contributed by atoms with van der Waals surface area (Å²) in [5.74, 6) is -1.50. The van der Waals surface area contributed by atoms with Gasteiger partial charge in [0.05, 0.1) is 0 Å². The molecule has 0 fully saturated rings. The van der Waals surface area contributed by atoms with E-state index in [2.05, 4.69) is 5.10 Å². The first-order valence-corrected chi connectivity index (χ1v) is 7.27. The number of carboxylic acid groups (broad SMARTS) is 1. The Kier molecular flexibility index (Phi) is 3.50. The zero-order chi connectivity index (χ0) is 15.9. The molecule has 0 bridgehead atoms. The minimum absolute atomic E-state index is 0.126. The van der Waals surface area contributed by atoms with Crippen LogP contribution in [0.25, 0.3) is 4.83 Å². The SMILES string of the molecule is Cc1cc(Cc2ccc(F)cc2)c(=O)n2nc(C(=O)O)sc12. The largest absolute Gasteiger partial charge is 0.476 e. The zero-order valence-electron chi connectivity index (χ0n) is 11.5. The highest BCUT2D eigenvalue weighted by atomic mass is 32.1. The molecular weight excluding hydrogens is 307 g/mol. The van der Waals surface area contributed by atoms with Gasteiger partial charge in [0.25, 0.3) is 5.56 Å². The molecule has 7 heteroatoms. The Balaban J connectivity index is 2.10. The van der Waals surface area contributed by atoms with Crippen molar-refractivity contribution in [3.05, 3.63) is 68.2 Å². The summed E-state index contributed by atoms with van der Waals surface area (Å²) in [6.45, 7) is 1.80. The Labute approximate surface area is 128 Å². The standard InChI is InChI=1S/C15H11FN2O3S/c1-8-6-10(7-9-2-4-11(16)5-3-9)13(19)18-14(8)22-12(17-18)15(20)21/h2-6H,7H2,1H3,(H,20,21). The van der Waals surface area contributed by atoms with E-state index < -0.39 is 5.97 Å². The normalized spacial score (nSPS) is 11.0. The molecule has 1 aromatic carbocycles. The molecule has 112 valence electrons. The molecule has 1 N–H and O–H groups in total. The molecule has 0 spiro atoms. The van der Waals surface area contributed by atoms with E-state index in [1.165, 1.54) is 12.1 Å². The molecule has 0 unspecified atom stereocenters. The molecule has 2 heterocycles. The van der Waals surface area contributed by atoms with Gasteiger partial charge in [-0.3, -0.25) is 4.79 Å². The number of pyridine rings is 1. The van der Waals surface area contributed by atoms with Crippen molar-refractivity contribution in [3.63, 3.8) is 0 Å². The van der Waals surface area contributed by atoms with E-state index in [9.17, 15) is 14.0 Å². The summed E-state index contributed by atoms with van der Waals surface area (Å²) in [7, 11) is 0. The van der Waals surface area contributed by atoms with Crippen molar-refractivity contribution < 1.29 is 14.3 Å². The minimum atomic E-state index is -1.16. The summed E-state index contributed by atoms with van der Waals surface area (Å²) in [5.41, 5.74) is 1.71. The van der Waals surface area contributed by atoms with Crippen LogP contribution in [0.5, 0.6) is 0 Å². The maximum Gasteiger partial charge on any atom is 0.366 e. The number of aromatic carboxylic acids is 1. The molecular formula is C15H11FN2O3S. The van der Waals surface area contributed by atoms with Gasteiger partial charge < -0.3 is 5.11 Å². The van der Waals surface area contributed by atoms with Crippen molar-refractivity contribution in [1.82, 2.24) is 9.61 Å². The Morgan fingerprint density at radius 2 is 2.05 bits per heavy atom. The molecule has 0 saturated carbocycles. The number of nitrogens with zero attached hydrogens (tertiary/aromatic N) is 2. The summed E-state index contributed by atoms with van der Waals surface area (Å²) in [6, 6.07) is 7.63. The summed E-state index contributed by atoms with van der Waals surface area (Å²) in [6.07, 6.45) is 0.336. The van der Waals surface area contributed by atoms with Crippen LogP contribution in [0.3, 0.4) is 0 Å². The number of hydrogen-bond acceptors (Lipinski definition) is 4. The van der Waals surface area contributed by atoms with E-state index >= 15 is 0 Å². The second kappa shape index (κ2) is 5.34. The Hall–Kier alpha value is -2.54. The van der Waals surface area contributed by atoms with E-state index in [0.29, 0.717) is 16.8 Å². The summed E-state index contributed by atoms with van der Waals surface area (Å²) in [5, 5.41) is 12.7. The lowest BCUT2D eigenvalue weighted by molar-refractivity contribution is 0.0695. The molecule has 0 amide bonds. The number of halogens is 1. The first kappa shape index (κ1) is 14.4. The van der Waals surface area contributed by atoms with Crippen LogP contribution in [-0.2, 0) is 6.42 Å². The number of aromatic nitrogens is 2. The lowest BCUT2D eigenvalue weighted by Crippen LogP contribution is -2.20. The highest BCUT2D eigenvalue weighted by Crippen LogP contribution is 2.19.